The molecule has 3 nitrogen and oxygen atoms in total. The van der Waals surface area contributed by atoms with Crippen molar-refractivity contribution in [2.45, 2.75) is 20.3 Å². The second-order valence-electron chi connectivity index (χ2n) is 4.38. The zero-order chi connectivity index (χ0) is 13.7. The van der Waals surface area contributed by atoms with E-state index in [0.717, 1.165) is 17.7 Å². The zero-order valence-electron chi connectivity index (χ0n) is 11.3. The molecule has 0 fully saturated rings. The van der Waals surface area contributed by atoms with Crippen molar-refractivity contribution in [3.8, 4) is 17.2 Å². The lowest BCUT2D eigenvalue weighted by molar-refractivity contribution is 0.318. The Balaban J connectivity index is 2.23. The van der Waals surface area contributed by atoms with Gasteiger partial charge in [-0.3, -0.25) is 0 Å². The van der Waals surface area contributed by atoms with E-state index in [-0.39, 0.29) is 0 Å². The van der Waals surface area contributed by atoms with Crippen LogP contribution in [0.5, 0.6) is 17.2 Å². The van der Waals surface area contributed by atoms with E-state index in [1.807, 2.05) is 49.4 Å². The van der Waals surface area contributed by atoms with Crippen LogP contribution in [0.4, 0.5) is 5.69 Å². The van der Waals surface area contributed by atoms with E-state index >= 15 is 0 Å². The Hall–Kier alpha value is -2.16. The summed E-state index contributed by atoms with van der Waals surface area (Å²) in [7, 11) is 0. The number of para-hydroxylation sites is 2. The highest BCUT2D eigenvalue weighted by molar-refractivity contribution is 5.63. The molecule has 0 radical (unpaired) electrons. The lowest BCUT2D eigenvalue weighted by Gasteiger charge is -2.13. The summed E-state index contributed by atoms with van der Waals surface area (Å²) >= 11 is 0. The van der Waals surface area contributed by atoms with Gasteiger partial charge in [0.1, 0.15) is 17.2 Å². The maximum atomic E-state index is 6.07. The van der Waals surface area contributed by atoms with Crippen molar-refractivity contribution in [2.75, 3.05) is 12.3 Å². The van der Waals surface area contributed by atoms with E-state index < -0.39 is 0 Å². The minimum Gasteiger partial charge on any atom is -0.491 e. The smallest absolute Gasteiger partial charge is 0.154 e. The molecule has 0 heterocycles. The van der Waals surface area contributed by atoms with Crippen molar-refractivity contribution >= 4 is 5.69 Å². The van der Waals surface area contributed by atoms with E-state index in [4.69, 9.17) is 15.2 Å². The standard InChI is InChI=1S/C16H19NO2/c1-3-11-18-14-9-6-10-15(16(14)17)19-13-8-5-4-7-12(13)2/h4-10H,3,11,17H2,1-2H3. The molecule has 0 bridgehead atoms. The molecule has 100 valence electrons. The van der Waals surface area contributed by atoms with Gasteiger partial charge in [0, 0.05) is 0 Å². The van der Waals surface area contributed by atoms with Gasteiger partial charge in [0.25, 0.3) is 0 Å². The van der Waals surface area contributed by atoms with Crippen LogP contribution >= 0.6 is 0 Å². The average Bonchev–Trinajstić information content (AvgIpc) is 2.42. The molecular formula is C16H19NO2. The van der Waals surface area contributed by atoms with Gasteiger partial charge in [-0.15, -0.1) is 0 Å². The Morgan fingerprint density at radius 3 is 2.37 bits per heavy atom. The molecule has 0 atom stereocenters. The summed E-state index contributed by atoms with van der Waals surface area (Å²) in [5, 5.41) is 0. The Kier molecular flexibility index (Phi) is 4.29. The summed E-state index contributed by atoms with van der Waals surface area (Å²) in [6, 6.07) is 13.4. The van der Waals surface area contributed by atoms with Gasteiger partial charge in [-0.2, -0.15) is 0 Å². The molecule has 2 aromatic rings. The highest BCUT2D eigenvalue weighted by Crippen LogP contribution is 2.35. The van der Waals surface area contributed by atoms with Gasteiger partial charge >= 0.3 is 0 Å². The van der Waals surface area contributed by atoms with Crippen molar-refractivity contribution in [3.05, 3.63) is 48.0 Å². The first-order valence-electron chi connectivity index (χ1n) is 6.47. The summed E-state index contributed by atoms with van der Waals surface area (Å²) in [5.74, 6) is 2.11. The lowest BCUT2D eigenvalue weighted by Crippen LogP contribution is -2.00. The summed E-state index contributed by atoms with van der Waals surface area (Å²) in [5.41, 5.74) is 7.68. The number of nitrogens with two attached hydrogens (primary N) is 1. The zero-order valence-corrected chi connectivity index (χ0v) is 11.3. The fourth-order valence-electron chi connectivity index (χ4n) is 1.74. The van der Waals surface area contributed by atoms with Gasteiger partial charge in [-0.25, -0.2) is 0 Å². The Bertz CT molecular complexity index is 552. The SMILES string of the molecule is CCCOc1cccc(Oc2ccccc2C)c1N. The topological polar surface area (TPSA) is 44.5 Å². The molecule has 0 saturated heterocycles. The van der Waals surface area contributed by atoms with Gasteiger partial charge in [0.05, 0.1) is 6.61 Å². The fourth-order valence-corrected chi connectivity index (χ4v) is 1.74. The molecule has 3 heteroatoms. The van der Waals surface area contributed by atoms with Crippen molar-refractivity contribution in [3.63, 3.8) is 0 Å². The van der Waals surface area contributed by atoms with Crippen molar-refractivity contribution < 1.29 is 9.47 Å². The molecular weight excluding hydrogens is 238 g/mol. The van der Waals surface area contributed by atoms with E-state index in [2.05, 4.69) is 6.92 Å². The largest absolute Gasteiger partial charge is 0.491 e. The highest BCUT2D eigenvalue weighted by atomic mass is 16.5. The molecule has 0 aliphatic heterocycles. The molecule has 19 heavy (non-hydrogen) atoms. The van der Waals surface area contributed by atoms with Crippen molar-refractivity contribution in [1.29, 1.82) is 0 Å². The van der Waals surface area contributed by atoms with Crippen LogP contribution in [0.25, 0.3) is 0 Å². The first-order valence-corrected chi connectivity index (χ1v) is 6.47. The molecule has 2 aromatic carbocycles. The average molecular weight is 257 g/mol. The van der Waals surface area contributed by atoms with Crippen molar-refractivity contribution in [2.24, 2.45) is 0 Å². The number of benzene rings is 2. The normalized spacial score (nSPS) is 10.2. The van der Waals surface area contributed by atoms with Gasteiger partial charge in [0.15, 0.2) is 5.75 Å². The lowest BCUT2D eigenvalue weighted by atomic mass is 10.2. The monoisotopic (exact) mass is 257 g/mol. The van der Waals surface area contributed by atoms with Crippen LogP contribution in [-0.4, -0.2) is 6.61 Å². The van der Waals surface area contributed by atoms with Gasteiger partial charge in [0.2, 0.25) is 0 Å². The number of nitrogen functional groups attached to an aromatic ring is 1. The van der Waals surface area contributed by atoms with Crippen molar-refractivity contribution in [1.82, 2.24) is 0 Å². The number of hydrogen-bond acceptors (Lipinski definition) is 3. The number of anilines is 1. The molecule has 2 N–H and O–H groups in total. The number of hydrogen-bond donors (Lipinski definition) is 1. The predicted molar refractivity (Wildman–Crippen MR) is 77.9 cm³/mol. The van der Waals surface area contributed by atoms with Crippen LogP contribution in [0.2, 0.25) is 0 Å². The first kappa shape index (κ1) is 13.3. The Morgan fingerprint density at radius 1 is 0.947 bits per heavy atom. The third-order valence-corrected chi connectivity index (χ3v) is 2.80. The van der Waals surface area contributed by atoms with E-state index in [0.29, 0.717) is 23.8 Å². The van der Waals surface area contributed by atoms with Crippen LogP contribution in [-0.2, 0) is 0 Å². The van der Waals surface area contributed by atoms with Gasteiger partial charge < -0.3 is 15.2 Å². The van der Waals surface area contributed by atoms with Crippen LogP contribution in [0, 0.1) is 6.92 Å². The first-order chi connectivity index (χ1) is 9.22. The summed E-state index contributed by atoms with van der Waals surface area (Å²) < 4.78 is 11.4. The quantitative estimate of drug-likeness (QED) is 0.818. The summed E-state index contributed by atoms with van der Waals surface area (Å²) in [4.78, 5) is 0. The van der Waals surface area contributed by atoms with Crippen LogP contribution in [0.15, 0.2) is 42.5 Å². The molecule has 0 aliphatic rings. The summed E-state index contributed by atoms with van der Waals surface area (Å²) in [6.07, 6.45) is 0.947. The molecule has 0 aliphatic carbocycles. The minimum absolute atomic E-state index is 0.541. The second kappa shape index (κ2) is 6.14. The second-order valence-corrected chi connectivity index (χ2v) is 4.38. The van der Waals surface area contributed by atoms with Gasteiger partial charge in [-0.05, 0) is 37.1 Å². The van der Waals surface area contributed by atoms with Crippen LogP contribution < -0.4 is 15.2 Å². The predicted octanol–water partition coefficient (Wildman–Crippen LogP) is 4.16. The molecule has 0 saturated carbocycles. The van der Waals surface area contributed by atoms with E-state index in [9.17, 15) is 0 Å². The minimum atomic E-state index is 0.541. The molecule has 0 aromatic heterocycles. The van der Waals surface area contributed by atoms with Gasteiger partial charge in [-0.1, -0.05) is 31.2 Å². The highest BCUT2D eigenvalue weighted by Gasteiger charge is 2.09. The molecule has 0 unspecified atom stereocenters. The number of ether oxygens (including phenoxy) is 2. The maximum Gasteiger partial charge on any atom is 0.154 e. The molecule has 0 spiro atoms. The maximum absolute atomic E-state index is 6.07. The third kappa shape index (κ3) is 3.19. The Morgan fingerprint density at radius 2 is 1.63 bits per heavy atom. The van der Waals surface area contributed by atoms with Crippen LogP contribution in [0.3, 0.4) is 0 Å². The number of aryl methyl sites for hydroxylation is 1. The number of rotatable bonds is 5. The summed E-state index contributed by atoms with van der Waals surface area (Å²) in [6.45, 7) is 4.71. The van der Waals surface area contributed by atoms with E-state index in [1.54, 1.807) is 0 Å². The van der Waals surface area contributed by atoms with E-state index in [1.165, 1.54) is 0 Å². The Labute approximate surface area is 114 Å². The molecule has 0 amide bonds. The van der Waals surface area contributed by atoms with Crippen LogP contribution in [0.1, 0.15) is 18.9 Å². The molecule has 2 rings (SSSR count). The third-order valence-electron chi connectivity index (χ3n) is 2.80. The fraction of sp³-hybridized carbons (Fsp3) is 0.250.